The largest absolute Gasteiger partial charge is 0.389 e. The number of hydrogen-bond donors (Lipinski definition) is 0. The maximum absolute atomic E-state index is 12.3. The van der Waals surface area contributed by atoms with E-state index in [4.69, 9.17) is 0 Å². The van der Waals surface area contributed by atoms with Gasteiger partial charge in [-0.05, 0) is 24.2 Å². The van der Waals surface area contributed by atoms with E-state index in [1.54, 1.807) is 0 Å². The van der Waals surface area contributed by atoms with Gasteiger partial charge in [0.15, 0.2) is 0 Å². The molecule has 0 N–H and O–H groups in total. The van der Waals surface area contributed by atoms with Crippen molar-refractivity contribution < 1.29 is 13.2 Å². The molecule has 0 aromatic carbocycles. The van der Waals surface area contributed by atoms with Gasteiger partial charge in [-0.1, -0.05) is 26.7 Å². The molecular formula is C10H17F3. The third-order valence-corrected chi connectivity index (χ3v) is 3.38. The lowest BCUT2D eigenvalue weighted by Crippen LogP contribution is -2.30. The van der Waals surface area contributed by atoms with Crippen LogP contribution in [-0.2, 0) is 0 Å². The van der Waals surface area contributed by atoms with E-state index >= 15 is 0 Å². The van der Waals surface area contributed by atoms with Crippen LogP contribution in [0.5, 0.6) is 0 Å². The van der Waals surface area contributed by atoms with Crippen LogP contribution in [0.25, 0.3) is 0 Å². The standard InChI is InChI=1S/C10H17F3/c1-8(2)9(5-3-4-6-9)7-10(11,12)13/h8H,3-7H2,1-2H3. The van der Waals surface area contributed by atoms with Gasteiger partial charge >= 0.3 is 6.18 Å². The van der Waals surface area contributed by atoms with Crippen LogP contribution in [-0.4, -0.2) is 6.18 Å². The van der Waals surface area contributed by atoms with Gasteiger partial charge in [0.1, 0.15) is 0 Å². The predicted octanol–water partition coefficient (Wildman–Crippen LogP) is 4.16. The summed E-state index contributed by atoms with van der Waals surface area (Å²) in [7, 11) is 0. The lowest BCUT2D eigenvalue weighted by Gasteiger charge is -2.34. The molecule has 1 saturated carbocycles. The average molecular weight is 194 g/mol. The maximum atomic E-state index is 12.3. The Morgan fingerprint density at radius 1 is 1.15 bits per heavy atom. The highest BCUT2D eigenvalue weighted by atomic mass is 19.4. The van der Waals surface area contributed by atoms with Crippen LogP contribution in [0.3, 0.4) is 0 Å². The van der Waals surface area contributed by atoms with Crippen molar-refractivity contribution in [2.24, 2.45) is 11.3 Å². The Morgan fingerprint density at radius 3 is 1.92 bits per heavy atom. The predicted molar refractivity (Wildman–Crippen MR) is 46.4 cm³/mol. The lowest BCUT2D eigenvalue weighted by molar-refractivity contribution is -0.163. The first-order chi connectivity index (χ1) is 5.86. The summed E-state index contributed by atoms with van der Waals surface area (Å²) in [6.07, 6.45) is -1.14. The molecule has 0 atom stereocenters. The van der Waals surface area contributed by atoms with E-state index in [9.17, 15) is 13.2 Å². The fourth-order valence-corrected chi connectivity index (χ4v) is 2.44. The van der Waals surface area contributed by atoms with E-state index in [0.717, 1.165) is 25.7 Å². The summed E-state index contributed by atoms with van der Waals surface area (Å²) in [6.45, 7) is 3.83. The smallest absolute Gasteiger partial charge is 0.171 e. The van der Waals surface area contributed by atoms with E-state index < -0.39 is 18.0 Å². The summed E-state index contributed by atoms with van der Waals surface area (Å²) in [6, 6.07) is 0. The van der Waals surface area contributed by atoms with Gasteiger partial charge in [0, 0.05) is 6.42 Å². The zero-order chi connectivity index (χ0) is 10.1. The quantitative estimate of drug-likeness (QED) is 0.619. The Kier molecular flexibility index (Phi) is 2.93. The molecule has 0 heterocycles. The van der Waals surface area contributed by atoms with Gasteiger partial charge in [-0.25, -0.2) is 0 Å². The van der Waals surface area contributed by atoms with E-state index in [1.807, 2.05) is 13.8 Å². The molecule has 0 unspecified atom stereocenters. The molecule has 0 aliphatic heterocycles. The van der Waals surface area contributed by atoms with Crippen LogP contribution in [0.1, 0.15) is 46.0 Å². The maximum Gasteiger partial charge on any atom is 0.389 e. The minimum absolute atomic E-state index is 0.150. The number of hydrogen-bond acceptors (Lipinski definition) is 0. The van der Waals surface area contributed by atoms with Crippen LogP contribution >= 0.6 is 0 Å². The first kappa shape index (κ1) is 10.9. The summed E-state index contributed by atoms with van der Waals surface area (Å²) >= 11 is 0. The van der Waals surface area contributed by atoms with Crippen LogP contribution in [0, 0.1) is 11.3 Å². The van der Waals surface area contributed by atoms with Crippen molar-refractivity contribution in [1.82, 2.24) is 0 Å². The molecule has 0 spiro atoms. The summed E-state index contributed by atoms with van der Waals surface area (Å²) < 4.78 is 36.9. The average Bonchev–Trinajstić information content (AvgIpc) is 2.33. The van der Waals surface area contributed by atoms with Crippen molar-refractivity contribution in [2.45, 2.75) is 52.1 Å². The fourth-order valence-electron chi connectivity index (χ4n) is 2.44. The van der Waals surface area contributed by atoms with Crippen LogP contribution in [0.15, 0.2) is 0 Å². The van der Waals surface area contributed by atoms with Crippen molar-refractivity contribution in [3.63, 3.8) is 0 Å². The Hall–Kier alpha value is -0.210. The molecule has 0 radical (unpaired) electrons. The van der Waals surface area contributed by atoms with Crippen molar-refractivity contribution in [3.8, 4) is 0 Å². The zero-order valence-corrected chi connectivity index (χ0v) is 8.25. The van der Waals surface area contributed by atoms with Gasteiger partial charge in [-0.2, -0.15) is 13.2 Å². The van der Waals surface area contributed by atoms with E-state index in [-0.39, 0.29) is 5.92 Å². The highest BCUT2D eigenvalue weighted by Gasteiger charge is 2.45. The van der Waals surface area contributed by atoms with E-state index in [0.29, 0.717) is 0 Å². The van der Waals surface area contributed by atoms with Gasteiger partial charge in [0.25, 0.3) is 0 Å². The Balaban J connectivity index is 2.68. The molecule has 0 nitrogen and oxygen atoms in total. The number of alkyl halides is 3. The van der Waals surface area contributed by atoms with Gasteiger partial charge in [0.05, 0.1) is 0 Å². The summed E-state index contributed by atoms with van der Waals surface area (Å²) in [5.41, 5.74) is -0.446. The lowest BCUT2D eigenvalue weighted by atomic mass is 9.73. The minimum Gasteiger partial charge on any atom is -0.171 e. The van der Waals surface area contributed by atoms with Crippen LogP contribution in [0.4, 0.5) is 13.2 Å². The Bertz CT molecular complexity index is 163. The molecule has 1 fully saturated rings. The monoisotopic (exact) mass is 194 g/mol. The molecule has 1 aliphatic carbocycles. The molecular weight excluding hydrogens is 177 g/mol. The first-order valence-corrected chi connectivity index (χ1v) is 4.92. The van der Waals surface area contributed by atoms with Crippen LogP contribution < -0.4 is 0 Å². The molecule has 0 amide bonds. The number of rotatable bonds is 2. The Morgan fingerprint density at radius 2 is 1.62 bits per heavy atom. The highest BCUT2D eigenvalue weighted by molar-refractivity contribution is 4.89. The van der Waals surface area contributed by atoms with Crippen molar-refractivity contribution in [2.75, 3.05) is 0 Å². The summed E-state index contributed by atoms with van der Waals surface area (Å²) in [5, 5.41) is 0. The first-order valence-electron chi connectivity index (χ1n) is 4.92. The summed E-state index contributed by atoms with van der Waals surface area (Å²) in [4.78, 5) is 0. The third-order valence-electron chi connectivity index (χ3n) is 3.38. The molecule has 1 aliphatic rings. The van der Waals surface area contributed by atoms with Gasteiger partial charge in [0.2, 0.25) is 0 Å². The zero-order valence-electron chi connectivity index (χ0n) is 8.25. The molecule has 0 bridgehead atoms. The van der Waals surface area contributed by atoms with Crippen molar-refractivity contribution >= 4 is 0 Å². The summed E-state index contributed by atoms with van der Waals surface area (Å²) in [5.74, 6) is 0.150. The molecule has 3 heteroatoms. The SMILES string of the molecule is CC(C)C1(CC(F)(F)F)CCCC1. The minimum atomic E-state index is -3.99. The molecule has 1 rings (SSSR count). The van der Waals surface area contributed by atoms with E-state index in [2.05, 4.69) is 0 Å². The molecule has 0 saturated heterocycles. The van der Waals surface area contributed by atoms with Crippen LogP contribution in [0.2, 0.25) is 0 Å². The van der Waals surface area contributed by atoms with Gasteiger partial charge < -0.3 is 0 Å². The molecule has 0 aromatic heterocycles. The second-order valence-electron chi connectivity index (χ2n) is 4.52. The number of halogens is 3. The van der Waals surface area contributed by atoms with Crippen molar-refractivity contribution in [3.05, 3.63) is 0 Å². The highest BCUT2D eigenvalue weighted by Crippen LogP contribution is 2.50. The molecule has 78 valence electrons. The second kappa shape index (κ2) is 3.50. The third kappa shape index (κ3) is 2.61. The fraction of sp³-hybridized carbons (Fsp3) is 1.00. The topological polar surface area (TPSA) is 0 Å². The molecule has 13 heavy (non-hydrogen) atoms. The van der Waals surface area contributed by atoms with Gasteiger partial charge in [-0.3, -0.25) is 0 Å². The van der Waals surface area contributed by atoms with Crippen molar-refractivity contribution in [1.29, 1.82) is 0 Å². The van der Waals surface area contributed by atoms with E-state index in [1.165, 1.54) is 0 Å². The Labute approximate surface area is 77.5 Å². The van der Waals surface area contributed by atoms with Gasteiger partial charge in [-0.15, -0.1) is 0 Å². The molecule has 0 aromatic rings. The normalized spacial score (nSPS) is 22.6. The second-order valence-corrected chi connectivity index (χ2v) is 4.52.